The highest BCUT2D eigenvalue weighted by Crippen LogP contribution is 2.64. The molecule has 2 aromatic rings. The van der Waals surface area contributed by atoms with Crippen LogP contribution in [0.5, 0.6) is 5.75 Å². The van der Waals surface area contributed by atoms with Gasteiger partial charge >= 0.3 is 0 Å². The Morgan fingerprint density at radius 1 is 1.09 bits per heavy atom. The number of benzene rings is 2. The number of nitrogens with one attached hydrogen (secondary N) is 1. The summed E-state index contributed by atoms with van der Waals surface area (Å²) in [6.07, 6.45) is 5.88. The van der Waals surface area contributed by atoms with E-state index in [9.17, 15) is 15.0 Å². The van der Waals surface area contributed by atoms with Crippen molar-refractivity contribution in [1.82, 2.24) is 0 Å². The van der Waals surface area contributed by atoms with Gasteiger partial charge in [0.1, 0.15) is 11.4 Å². The van der Waals surface area contributed by atoms with Crippen LogP contribution in [-0.4, -0.2) is 21.7 Å². The minimum absolute atomic E-state index is 0.0965. The second-order valence-electron chi connectivity index (χ2n) is 10.2. The highest BCUT2D eigenvalue weighted by molar-refractivity contribution is 5.88. The maximum Gasteiger partial charge on any atom is 0.221 e. The van der Waals surface area contributed by atoms with Gasteiger partial charge in [-0.1, -0.05) is 24.8 Å². The SMILES string of the molecule is CC(=O)Nc1ccc(C#C[C@]2(O)CC[C@H]3[C@@H]4CCc5cc(O)ccc5[C@H]4CC[C@@]32C)cc1. The summed E-state index contributed by atoms with van der Waals surface area (Å²) < 4.78 is 0. The molecular weight excluding hydrogens is 398 g/mol. The largest absolute Gasteiger partial charge is 0.508 e. The van der Waals surface area contributed by atoms with Crippen LogP contribution in [0, 0.1) is 29.1 Å². The van der Waals surface area contributed by atoms with Gasteiger partial charge in [0.15, 0.2) is 0 Å². The number of anilines is 1. The number of amides is 1. The number of hydrogen-bond acceptors (Lipinski definition) is 3. The van der Waals surface area contributed by atoms with Gasteiger partial charge in [0, 0.05) is 23.6 Å². The molecule has 0 spiro atoms. The zero-order valence-electron chi connectivity index (χ0n) is 18.8. The van der Waals surface area contributed by atoms with Crippen molar-refractivity contribution in [2.24, 2.45) is 17.3 Å². The van der Waals surface area contributed by atoms with Gasteiger partial charge < -0.3 is 15.5 Å². The average Bonchev–Trinajstić information content (AvgIpc) is 3.03. The summed E-state index contributed by atoms with van der Waals surface area (Å²) in [6, 6.07) is 13.3. The smallest absolute Gasteiger partial charge is 0.221 e. The quantitative estimate of drug-likeness (QED) is 0.560. The normalized spacial score (nSPS) is 32.7. The van der Waals surface area contributed by atoms with Crippen LogP contribution >= 0.6 is 0 Å². The lowest BCUT2D eigenvalue weighted by Gasteiger charge is -2.52. The van der Waals surface area contributed by atoms with Crippen molar-refractivity contribution >= 4 is 11.6 Å². The third kappa shape index (κ3) is 3.40. The molecule has 0 bridgehead atoms. The maximum absolute atomic E-state index is 11.7. The molecule has 2 fully saturated rings. The Labute approximate surface area is 190 Å². The summed E-state index contributed by atoms with van der Waals surface area (Å²) in [4.78, 5) is 11.2. The summed E-state index contributed by atoms with van der Waals surface area (Å²) >= 11 is 0. The Morgan fingerprint density at radius 2 is 1.88 bits per heavy atom. The number of carbonyl (C=O) groups excluding carboxylic acids is 1. The van der Waals surface area contributed by atoms with Gasteiger partial charge in [-0.3, -0.25) is 4.79 Å². The molecule has 2 aromatic carbocycles. The van der Waals surface area contributed by atoms with E-state index >= 15 is 0 Å². The average molecular weight is 430 g/mol. The second-order valence-corrected chi connectivity index (χ2v) is 10.2. The zero-order valence-corrected chi connectivity index (χ0v) is 18.8. The van der Waals surface area contributed by atoms with Crippen molar-refractivity contribution in [3.8, 4) is 17.6 Å². The minimum Gasteiger partial charge on any atom is -0.508 e. The number of hydrogen-bond donors (Lipinski definition) is 3. The van der Waals surface area contributed by atoms with Crippen LogP contribution in [0.2, 0.25) is 0 Å². The van der Waals surface area contributed by atoms with Crippen molar-refractivity contribution in [2.45, 2.75) is 63.9 Å². The third-order valence-corrected chi connectivity index (χ3v) is 8.48. The van der Waals surface area contributed by atoms with E-state index in [1.165, 1.54) is 18.1 Å². The fourth-order valence-corrected chi connectivity index (χ4v) is 6.81. The highest BCUT2D eigenvalue weighted by Gasteiger charge is 2.61. The molecule has 5 rings (SSSR count). The fourth-order valence-electron chi connectivity index (χ4n) is 6.81. The summed E-state index contributed by atoms with van der Waals surface area (Å²) in [5.41, 5.74) is 3.12. The first kappa shape index (κ1) is 21.1. The molecule has 1 amide bonds. The molecule has 3 N–H and O–H groups in total. The molecule has 32 heavy (non-hydrogen) atoms. The maximum atomic E-state index is 11.7. The fraction of sp³-hybridized carbons (Fsp3) is 0.464. The second kappa shape index (κ2) is 7.67. The Morgan fingerprint density at radius 3 is 2.62 bits per heavy atom. The molecule has 0 heterocycles. The lowest BCUT2D eigenvalue weighted by atomic mass is 9.53. The van der Waals surface area contributed by atoms with Gasteiger partial charge in [-0.25, -0.2) is 0 Å². The molecule has 4 heteroatoms. The van der Waals surface area contributed by atoms with Gasteiger partial charge in [-0.05, 0) is 104 Å². The van der Waals surface area contributed by atoms with Crippen molar-refractivity contribution in [3.63, 3.8) is 0 Å². The van der Waals surface area contributed by atoms with E-state index in [1.54, 1.807) is 0 Å². The van der Waals surface area contributed by atoms with E-state index in [-0.39, 0.29) is 11.3 Å². The predicted octanol–water partition coefficient (Wildman–Crippen LogP) is 4.99. The van der Waals surface area contributed by atoms with Gasteiger partial charge in [0.25, 0.3) is 0 Å². The molecule has 0 aliphatic heterocycles. The van der Waals surface area contributed by atoms with Crippen LogP contribution < -0.4 is 5.32 Å². The molecule has 166 valence electrons. The number of carbonyl (C=O) groups is 1. The Balaban J connectivity index is 1.38. The first-order valence-electron chi connectivity index (χ1n) is 11.7. The summed E-state index contributed by atoms with van der Waals surface area (Å²) in [5, 5.41) is 24.4. The number of aryl methyl sites for hydroxylation is 1. The lowest BCUT2D eigenvalue weighted by molar-refractivity contribution is -0.114. The molecule has 0 saturated heterocycles. The van der Waals surface area contributed by atoms with Crippen molar-refractivity contribution in [1.29, 1.82) is 0 Å². The number of aromatic hydroxyl groups is 1. The Kier molecular flexibility index (Phi) is 5.06. The van der Waals surface area contributed by atoms with Crippen LogP contribution in [0.15, 0.2) is 42.5 Å². The van der Waals surface area contributed by atoms with Gasteiger partial charge in [0.05, 0.1) is 0 Å². The monoisotopic (exact) mass is 429 g/mol. The standard InChI is InChI=1S/C28H31NO3/c1-18(30)29-21-6-3-19(4-7-21)11-15-28(32)16-13-26-25-9-5-20-17-22(31)8-10-23(20)24(25)12-14-27(26,28)2/h3-4,6-8,10,17,24-26,31-32H,5,9,12-14,16H2,1-2H3,(H,29,30)/t24-,25-,26+,27+,28+/m1/s1. The summed E-state index contributed by atoms with van der Waals surface area (Å²) in [6.45, 7) is 3.74. The Hall–Kier alpha value is -2.77. The molecule has 3 aliphatic rings. The van der Waals surface area contributed by atoms with Crippen molar-refractivity contribution < 1.29 is 15.0 Å². The zero-order chi connectivity index (χ0) is 22.5. The van der Waals surface area contributed by atoms with Crippen molar-refractivity contribution in [3.05, 3.63) is 59.2 Å². The summed E-state index contributed by atoms with van der Waals surface area (Å²) in [5.74, 6) is 8.32. The van der Waals surface area contributed by atoms with Crippen LogP contribution in [0.3, 0.4) is 0 Å². The van der Waals surface area contributed by atoms with Crippen LogP contribution in [0.4, 0.5) is 5.69 Å². The molecule has 5 atom stereocenters. The van der Waals surface area contributed by atoms with Gasteiger partial charge in [0.2, 0.25) is 5.91 Å². The topological polar surface area (TPSA) is 69.6 Å². The number of phenols is 1. The van der Waals surface area contributed by atoms with E-state index in [2.05, 4.69) is 30.1 Å². The molecule has 3 aliphatic carbocycles. The van der Waals surface area contributed by atoms with E-state index in [1.807, 2.05) is 36.4 Å². The van der Waals surface area contributed by atoms with Crippen LogP contribution in [-0.2, 0) is 11.2 Å². The van der Waals surface area contributed by atoms with E-state index in [0.717, 1.165) is 49.8 Å². The van der Waals surface area contributed by atoms with E-state index < -0.39 is 5.60 Å². The molecule has 0 unspecified atom stereocenters. The van der Waals surface area contributed by atoms with Crippen molar-refractivity contribution in [2.75, 3.05) is 5.32 Å². The van der Waals surface area contributed by atoms with E-state index in [4.69, 9.17) is 0 Å². The third-order valence-electron chi connectivity index (χ3n) is 8.48. The Bertz CT molecular complexity index is 1110. The predicted molar refractivity (Wildman–Crippen MR) is 125 cm³/mol. The first-order chi connectivity index (χ1) is 15.3. The van der Waals surface area contributed by atoms with Gasteiger partial charge in [-0.15, -0.1) is 0 Å². The first-order valence-corrected chi connectivity index (χ1v) is 11.7. The number of rotatable bonds is 1. The van der Waals surface area contributed by atoms with E-state index in [0.29, 0.717) is 23.5 Å². The van der Waals surface area contributed by atoms with Gasteiger partial charge in [-0.2, -0.15) is 0 Å². The number of fused-ring (bicyclic) bond motifs is 5. The molecular formula is C28H31NO3. The number of aliphatic hydroxyl groups is 1. The highest BCUT2D eigenvalue weighted by atomic mass is 16.3. The number of phenolic OH excluding ortho intramolecular Hbond substituents is 1. The molecule has 0 aromatic heterocycles. The molecule has 2 saturated carbocycles. The van der Waals surface area contributed by atoms with Crippen LogP contribution in [0.1, 0.15) is 68.6 Å². The molecule has 4 nitrogen and oxygen atoms in total. The molecule has 0 radical (unpaired) electrons. The lowest BCUT2D eigenvalue weighted by Crippen LogP contribution is -2.50. The minimum atomic E-state index is -0.978. The van der Waals surface area contributed by atoms with Crippen LogP contribution in [0.25, 0.3) is 0 Å². The summed E-state index contributed by atoms with van der Waals surface area (Å²) in [7, 11) is 0.